The smallest absolute Gasteiger partial charge is 0.280 e. The van der Waals surface area contributed by atoms with Crippen LogP contribution >= 0.6 is 0 Å². The Morgan fingerprint density at radius 2 is 2.19 bits per heavy atom. The molecule has 0 spiro atoms. The summed E-state index contributed by atoms with van der Waals surface area (Å²) in [6.45, 7) is 16.0. The van der Waals surface area contributed by atoms with Crippen LogP contribution in [-0.2, 0) is 9.16 Å². The Labute approximate surface area is 188 Å². The number of aromatic amines is 1. The Hall–Kier alpha value is -2.40. The first-order valence-corrected chi connectivity index (χ1v) is 13.9. The van der Waals surface area contributed by atoms with Crippen LogP contribution < -0.4 is 10.9 Å². The van der Waals surface area contributed by atoms with E-state index >= 15 is 0 Å². The second kappa shape index (κ2) is 9.22. The Morgan fingerprint density at radius 1 is 1.47 bits per heavy atom. The van der Waals surface area contributed by atoms with E-state index in [4.69, 9.17) is 14.7 Å². The SMILES string of the molecule is CC(C)CNc1nc2c(ncn2[C@H]2C[C@H](N=[N+]=[N-])[C@@H](CO[Si](C)(C)C(C)(C)C)O2)c(=O)[nH]1. The largest absolute Gasteiger partial charge is 0.414 e. The lowest BCUT2D eigenvalue weighted by Crippen LogP contribution is -2.43. The maximum absolute atomic E-state index is 12.5. The summed E-state index contributed by atoms with van der Waals surface area (Å²) in [5.74, 6) is 0.783. The van der Waals surface area contributed by atoms with Crippen LogP contribution in [0.4, 0.5) is 5.95 Å². The molecule has 0 radical (unpaired) electrons. The van der Waals surface area contributed by atoms with E-state index in [9.17, 15) is 4.79 Å². The van der Waals surface area contributed by atoms with Crippen LogP contribution in [-0.4, -0.2) is 53.1 Å². The number of nitrogens with zero attached hydrogens (tertiary/aromatic N) is 6. The van der Waals surface area contributed by atoms with Gasteiger partial charge in [-0.05, 0) is 29.6 Å². The molecule has 2 aromatic rings. The molecule has 0 bridgehead atoms. The molecule has 3 rings (SSSR count). The fourth-order valence-electron chi connectivity index (χ4n) is 3.25. The number of aromatic nitrogens is 4. The van der Waals surface area contributed by atoms with Crippen molar-refractivity contribution in [3.05, 3.63) is 27.1 Å². The van der Waals surface area contributed by atoms with Crippen LogP contribution in [0.3, 0.4) is 0 Å². The molecule has 3 heterocycles. The van der Waals surface area contributed by atoms with E-state index in [2.05, 4.69) is 78.0 Å². The van der Waals surface area contributed by atoms with Crippen LogP contribution in [0.5, 0.6) is 0 Å². The summed E-state index contributed by atoms with van der Waals surface area (Å²) < 4.78 is 14.3. The first-order valence-electron chi connectivity index (χ1n) is 11.0. The lowest BCUT2D eigenvalue weighted by molar-refractivity contribution is -0.0207. The van der Waals surface area contributed by atoms with Crippen LogP contribution in [0.1, 0.15) is 47.3 Å². The number of fused-ring (bicyclic) bond motifs is 1. The molecule has 0 unspecified atom stereocenters. The Bertz CT molecular complexity index is 1050. The number of ether oxygens (including phenoxy) is 1. The number of rotatable bonds is 8. The van der Waals surface area contributed by atoms with Gasteiger partial charge in [-0.1, -0.05) is 39.7 Å². The van der Waals surface area contributed by atoms with Crippen molar-refractivity contribution < 1.29 is 9.16 Å². The fourth-order valence-corrected chi connectivity index (χ4v) is 4.27. The highest BCUT2D eigenvalue weighted by molar-refractivity contribution is 6.74. The van der Waals surface area contributed by atoms with Gasteiger partial charge in [0.2, 0.25) is 5.95 Å². The average Bonchev–Trinajstić information content (AvgIpc) is 3.28. The first kappa shape index (κ1) is 24.2. The minimum absolute atomic E-state index is 0.0594. The van der Waals surface area contributed by atoms with Crippen molar-refractivity contribution in [1.29, 1.82) is 0 Å². The molecule has 2 aromatic heterocycles. The molecule has 0 aliphatic carbocycles. The molecule has 32 heavy (non-hydrogen) atoms. The summed E-state index contributed by atoms with van der Waals surface area (Å²) in [6, 6.07) is -0.382. The zero-order valence-corrected chi connectivity index (χ0v) is 20.9. The van der Waals surface area contributed by atoms with E-state index in [0.29, 0.717) is 37.1 Å². The highest BCUT2D eigenvalue weighted by Crippen LogP contribution is 2.38. The number of hydrogen-bond acceptors (Lipinski definition) is 7. The van der Waals surface area contributed by atoms with Crippen LogP contribution in [0.15, 0.2) is 16.2 Å². The maximum Gasteiger partial charge on any atom is 0.280 e. The second-order valence-corrected chi connectivity index (χ2v) is 15.0. The van der Waals surface area contributed by atoms with Crippen molar-refractivity contribution in [2.75, 3.05) is 18.5 Å². The quantitative estimate of drug-likeness (QED) is 0.261. The molecular weight excluding hydrogens is 428 g/mol. The number of azide groups is 1. The summed E-state index contributed by atoms with van der Waals surface area (Å²) in [6.07, 6.45) is 1.15. The van der Waals surface area contributed by atoms with E-state index in [-0.39, 0.29) is 28.3 Å². The van der Waals surface area contributed by atoms with Gasteiger partial charge in [-0.2, -0.15) is 4.98 Å². The minimum Gasteiger partial charge on any atom is -0.414 e. The topological polar surface area (TPSA) is 143 Å². The van der Waals surface area contributed by atoms with Crippen molar-refractivity contribution >= 4 is 25.4 Å². The molecule has 12 heteroatoms. The maximum atomic E-state index is 12.5. The van der Waals surface area contributed by atoms with E-state index in [1.54, 1.807) is 10.9 Å². The molecule has 0 amide bonds. The molecular formula is C20H34N8O3Si. The number of hydrogen-bond donors (Lipinski definition) is 2. The predicted octanol–water partition coefficient (Wildman–Crippen LogP) is 4.18. The molecule has 3 atom stereocenters. The van der Waals surface area contributed by atoms with Gasteiger partial charge < -0.3 is 14.5 Å². The van der Waals surface area contributed by atoms with Gasteiger partial charge in [0, 0.05) is 17.9 Å². The van der Waals surface area contributed by atoms with Gasteiger partial charge in [0.05, 0.1) is 25.1 Å². The normalized spacial score (nSPS) is 21.8. The highest BCUT2D eigenvalue weighted by Gasteiger charge is 2.41. The molecule has 0 saturated carbocycles. The van der Waals surface area contributed by atoms with E-state index in [0.717, 1.165) is 0 Å². The summed E-state index contributed by atoms with van der Waals surface area (Å²) >= 11 is 0. The molecule has 1 aliphatic heterocycles. The Morgan fingerprint density at radius 3 is 2.81 bits per heavy atom. The zero-order valence-electron chi connectivity index (χ0n) is 19.9. The summed E-state index contributed by atoms with van der Waals surface area (Å²) in [5.41, 5.74) is 9.40. The van der Waals surface area contributed by atoms with E-state index in [1.165, 1.54) is 0 Å². The second-order valence-electron chi connectivity index (χ2n) is 10.2. The molecule has 2 N–H and O–H groups in total. The molecule has 1 aliphatic rings. The Kier molecular flexibility index (Phi) is 6.99. The van der Waals surface area contributed by atoms with Gasteiger partial charge >= 0.3 is 0 Å². The van der Waals surface area contributed by atoms with Crippen LogP contribution in [0.25, 0.3) is 21.6 Å². The predicted molar refractivity (Wildman–Crippen MR) is 126 cm³/mol. The fraction of sp³-hybridized carbons (Fsp3) is 0.750. The van der Waals surface area contributed by atoms with Crippen LogP contribution in [0, 0.1) is 5.92 Å². The lowest BCUT2D eigenvalue weighted by atomic mass is 10.1. The van der Waals surface area contributed by atoms with Gasteiger partial charge in [0.1, 0.15) is 6.23 Å². The van der Waals surface area contributed by atoms with Crippen molar-refractivity contribution in [2.45, 2.75) is 77.5 Å². The standard InChI is InChI=1S/C20H34N8O3Si/c1-12(2)9-22-19-24-17-16(18(29)25-19)23-11-28(17)15-8-13(26-27-21)14(31-15)10-30-32(6,7)20(3,4)5/h11-15H,8-10H2,1-7H3,(H2,22,24,25,29)/t13-,14+,15+/m0/s1. The summed E-state index contributed by atoms with van der Waals surface area (Å²) in [4.78, 5) is 27.0. The van der Waals surface area contributed by atoms with Crippen LogP contribution in [0.2, 0.25) is 18.1 Å². The van der Waals surface area contributed by atoms with E-state index < -0.39 is 14.5 Å². The monoisotopic (exact) mass is 462 g/mol. The third-order valence-corrected chi connectivity index (χ3v) is 10.7. The molecule has 1 saturated heterocycles. The summed E-state index contributed by atoms with van der Waals surface area (Å²) in [5, 5.41) is 7.15. The number of H-pyrrole nitrogens is 1. The lowest BCUT2D eigenvalue weighted by Gasteiger charge is -2.37. The van der Waals surface area contributed by atoms with Crippen molar-refractivity contribution in [3.8, 4) is 0 Å². The van der Waals surface area contributed by atoms with Gasteiger partial charge in [-0.3, -0.25) is 14.3 Å². The number of imidazole rings is 1. The third kappa shape index (κ3) is 5.15. The van der Waals surface area contributed by atoms with Crippen molar-refractivity contribution in [2.24, 2.45) is 11.0 Å². The van der Waals surface area contributed by atoms with Gasteiger partial charge in [-0.15, -0.1) is 0 Å². The van der Waals surface area contributed by atoms with Gasteiger partial charge in [0.15, 0.2) is 19.5 Å². The Balaban J connectivity index is 1.84. The molecule has 176 valence electrons. The third-order valence-electron chi connectivity index (χ3n) is 6.24. The highest BCUT2D eigenvalue weighted by atomic mass is 28.4. The number of nitrogens with one attached hydrogen (secondary N) is 2. The average molecular weight is 463 g/mol. The minimum atomic E-state index is -1.99. The van der Waals surface area contributed by atoms with Gasteiger partial charge in [-0.25, -0.2) is 4.98 Å². The van der Waals surface area contributed by atoms with Crippen molar-refractivity contribution in [3.63, 3.8) is 0 Å². The van der Waals surface area contributed by atoms with Gasteiger partial charge in [0.25, 0.3) is 5.56 Å². The zero-order chi connectivity index (χ0) is 23.7. The molecule has 0 aromatic carbocycles. The first-order chi connectivity index (χ1) is 14.9. The molecule has 11 nitrogen and oxygen atoms in total. The molecule has 1 fully saturated rings. The summed E-state index contributed by atoms with van der Waals surface area (Å²) in [7, 11) is -1.99. The van der Waals surface area contributed by atoms with Crippen molar-refractivity contribution in [1.82, 2.24) is 19.5 Å². The van der Waals surface area contributed by atoms with E-state index in [1.807, 2.05) is 0 Å². The number of anilines is 1.